The molecule has 0 bridgehead atoms. The van der Waals surface area contributed by atoms with E-state index in [-0.39, 0.29) is 29.4 Å². The molecule has 1 atom stereocenters. The predicted molar refractivity (Wildman–Crippen MR) is 190 cm³/mol. The van der Waals surface area contributed by atoms with Crippen LogP contribution in [0.4, 0.5) is 4.79 Å². The second-order valence-corrected chi connectivity index (χ2v) is 14.8. The highest BCUT2D eigenvalue weighted by Crippen LogP contribution is 2.34. The van der Waals surface area contributed by atoms with E-state index in [2.05, 4.69) is 47.1 Å². The number of nitrogens with zero attached hydrogens (tertiary/aromatic N) is 4. The Bertz CT molecular complexity index is 1560. The normalized spacial score (nSPS) is 19.4. The smallest absolute Gasteiger partial charge is 0.326 e. The quantitative estimate of drug-likeness (QED) is 0.277. The van der Waals surface area contributed by atoms with Gasteiger partial charge in [-0.05, 0) is 107 Å². The number of imidazole rings is 1. The maximum Gasteiger partial charge on any atom is 0.326 e. The summed E-state index contributed by atoms with van der Waals surface area (Å²) in [5.41, 5.74) is 2.40. The summed E-state index contributed by atoms with van der Waals surface area (Å²) >= 11 is 6.81. The molecular weight excluding hydrogens is 728 g/mol. The minimum atomic E-state index is -0.751. The first-order valence-electron chi connectivity index (χ1n) is 16.9. The second kappa shape index (κ2) is 15.4. The molecule has 0 aliphatic carbocycles. The van der Waals surface area contributed by atoms with Crippen molar-refractivity contribution in [3.05, 3.63) is 73.7 Å². The molecule has 4 heterocycles. The van der Waals surface area contributed by atoms with Crippen molar-refractivity contribution in [3.63, 3.8) is 0 Å². The molecule has 3 aliphatic rings. The fourth-order valence-electron chi connectivity index (χ4n) is 7.34. The van der Waals surface area contributed by atoms with Crippen LogP contribution in [0.1, 0.15) is 63.0 Å². The number of carbonyl (C=O) groups excluding carboxylic acids is 2. The lowest BCUT2D eigenvalue weighted by Gasteiger charge is -2.39. The van der Waals surface area contributed by atoms with Gasteiger partial charge in [0.1, 0.15) is 11.8 Å². The lowest BCUT2D eigenvalue weighted by Crippen LogP contribution is -2.56. The van der Waals surface area contributed by atoms with Crippen molar-refractivity contribution in [1.82, 2.24) is 29.6 Å². The van der Waals surface area contributed by atoms with Crippen LogP contribution in [-0.4, -0.2) is 92.6 Å². The standard InChI is InChI=1S/C35H44Br2N6O4/c36-28-20-24(21-29(37)32(28)44)22-30(33(45)41-16-10-26(11-17-41)40-14-6-1-2-7-15-40)38-34(46)42-18-12-27(13-19-42)43-23-31(39-35(43)47)25-8-4-3-5-9-25/h3-5,8-9,20-21,23,26-27,30,44H,1-2,6-7,10-19,22H2,(H,38,46)(H,39,47)/t30-/m0/s1. The monoisotopic (exact) mass is 770 g/mol. The number of likely N-dealkylation sites (tertiary alicyclic amines) is 3. The van der Waals surface area contributed by atoms with Gasteiger partial charge in [-0.25, -0.2) is 9.59 Å². The number of hydrogen-bond donors (Lipinski definition) is 3. The largest absolute Gasteiger partial charge is 0.506 e. The number of halogens is 2. The first-order chi connectivity index (χ1) is 22.8. The maximum atomic E-state index is 14.1. The average Bonchev–Trinajstić information content (AvgIpc) is 3.28. The summed E-state index contributed by atoms with van der Waals surface area (Å²) in [6, 6.07) is 12.8. The Kier molecular flexibility index (Phi) is 11.1. The Morgan fingerprint density at radius 3 is 2.09 bits per heavy atom. The van der Waals surface area contributed by atoms with E-state index in [9.17, 15) is 19.5 Å². The zero-order valence-electron chi connectivity index (χ0n) is 26.7. The molecule has 0 unspecified atom stereocenters. The molecule has 0 spiro atoms. The van der Waals surface area contributed by atoms with Gasteiger partial charge in [-0.1, -0.05) is 43.2 Å². The van der Waals surface area contributed by atoms with Gasteiger partial charge in [0.25, 0.3) is 0 Å². The maximum absolute atomic E-state index is 14.1. The molecule has 2 aromatic carbocycles. The average molecular weight is 773 g/mol. The van der Waals surface area contributed by atoms with Crippen molar-refractivity contribution in [2.45, 2.75) is 75.9 Å². The number of nitrogens with one attached hydrogen (secondary N) is 2. The van der Waals surface area contributed by atoms with E-state index in [0.717, 1.165) is 42.8 Å². The molecule has 10 nitrogen and oxygen atoms in total. The first-order valence-corrected chi connectivity index (χ1v) is 18.5. The number of H-pyrrole nitrogens is 1. The number of aromatic amines is 1. The molecule has 47 heavy (non-hydrogen) atoms. The highest BCUT2D eigenvalue weighted by Gasteiger charge is 2.34. The zero-order valence-corrected chi connectivity index (χ0v) is 29.8. The van der Waals surface area contributed by atoms with Gasteiger partial charge in [-0.2, -0.15) is 0 Å². The Morgan fingerprint density at radius 1 is 0.851 bits per heavy atom. The van der Waals surface area contributed by atoms with E-state index in [1.807, 2.05) is 41.4 Å². The van der Waals surface area contributed by atoms with Crippen LogP contribution in [0.3, 0.4) is 0 Å². The number of phenolic OH excluding ortho intramolecular Hbond substituents is 1. The Hall–Kier alpha value is -3.09. The predicted octanol–water partition coefficient (Wildman–Crippen LogP) is 5.90. The SMILES string of the molecule is O=C(N[C@@H](Cc1cc(Br)c(O)c(Br)c1)C(=O)N1CCC(N2CCCCCC2)CC1)N1CCC(n2cc(-c3ccccc3)[nH]c2=O)CC1. The summed E-state index contributed by atoms with van der Waals surface area (Å²) in [6.07, 6.45) is 10.4. The molecule has 3 saturated heterocycles. The van der Waals surface area contributed by atoms with Crippen molar-refractivity contribution in [1.29, 1.82) is 0 Å². The summed E-state index contributed by atoms with van der Waals surface area (Å²) in [6.45, 7) is 4.60. The van der Waals surface area contributed by atoms with Crippen LogP contribution >= 0.6 is 31.9 Å². The van der Waals surface area contributed by atoms with Crippen LogP contribution in [0.5, 0.6) is 5.75 Å². The fourth-order valence-corrected chi connectivity index (χ4v) is 8.62. The summed E-state index contributed by atoms with van der Waals surface area (Å²) in [5.74, 6) is 0.0201. The van der Waals surface area contributed by atoms with Crippen LogP contribution in [0.15, 0.2) is 62.4 Å². The van der Waals surface area contributed by atoms with Gasteiger partial charge in [0, 0.05) is 50.9 Å². The van der Waals surface area contributed by atoms with Crippen molar-refractivity contribution < 1.29 is 14.7 Å². The zero-order chi connectivity index (χ0) is 32.9. The van der Waals surface area contributed by atoms with Crippen molar-refractivity contribution in [3.8, 4) is 17.0 Å². The van der Waals surface area contributed by atoms with Gasteiger partial charge >= 0.3 is 11.7 Å². The van der Waals surface area contributed by atoms with Gasteiger partial charge < -0.3 is 30.1 Å². The Morgan fingerprint density at radius 2 is 1.45 bits per heavy atom. The Labute approximate surface area is 292 Å². The Balaban J connectivity index is 1.11. The van der Waals surface area contributed by atoms with Crippen molar-refractivity contribution in [2.75, 3.05) is 39.3 Å². The molecule has 0 saturated carbocycles. The summed E-state index contributed by atoms with van der Waals surface area (Å²) in [5, 5.41) is 13.3. The number of hydrogen-bond acceptors (Lipinski definition) is 5. The number of amides is 3. The van der Waals surface area contributed by atoms with Gasteiger partial charge in [-0.3, -0.25) is 9.36 Å². The number of aromatic hydroxyl groups is 1. The van der Waals surface area contributed by atoms with E-state index < -0.39 is 6.04 Å². The van der Waals surface area contributed by atoms with Gasteiger partial charge in [0.2, 0.25) is 5.91 Å². The molecule has 3 amide bonds. The number of urea groups is 1. The van der Waals surface area contributed by atoms with Crippen LogP contribution in [0.2, 0.25) is 0 Å². The number of aromatic nitrogens is 2. The minimum Gasteiger partial charge on any atom is -0.506 e. The number of piperidine rings is 2. The summed E-state index contributed by atoms with van der Waals surface area (Å²) in [7, 11) is 0. The van der Waals surface area contributed by atoms with Crippen LogP contribution < -0.4 is 11.0 Å². The number of rotatable bonds is 7. The molecule has 1 aromatic heterocycles. The highest BCUT2D eigenvalue weighted by atomic mass is 79.9. The van der Waals surface area contributed by atoms with Crippen molar-refractivity contribution >= 4 is 43.8 Å². The molecular formula is C35H44Br2N6O4. The number of phenols is 1. The van der Waals surface area contributed by atoms with Gasteiger partial charge in [0.15, 0.2) is 0 Å². The topological polar surface area (TPSA) is 114 Å². The lowest BCUT2D eigenvalue weighted by molar-refractivity contribution is -0.134. The molecule has 3 fully saturated rings. The van der Waals surface area contributed by atoms with Crippen LogP contribution in [-0.2, 0) is 11.2 Å². The van der Waals surface area contributed by atoms with E-state index >= 15 is 0 Å². The molecule has 0 radical (unpaired) electrons. The number of carbonyl (C=O) groups is 2. The minimum absolute atomic E-state index is 0.0186. The second-order valence-electron chi connectivity index (χ2n) is 13.1. The van der Waals surface area contributed by atoms with Crippen molar-refractivity contribution in [2.24, 2.45) is 0 Å². The molecule has 3 N–H and O–H groups in total. The van der Waals surface area contributed by atoms with Gasteiger partial charge in [0.05, 0.1) is 14.6 Å². The molecule has 6 rings (SSSR count). The summed E-state index contributed by atoms with van der Waals surface area (Å²) in [4.78, 5) is 49.8. The highest BCUT2D eigenvalue weighted by molar-refractivity contribution is 9.11. The first kappa shape index (κ1) is 33.8. The molecule has 252 valence electrons. The third kappa shape index (κ3) is 8.14. The van der Waals surface area contributed by atoms with Crippen LogP contribution in [0.25, 0.3) is 11.3 Å². The molecule has 3 aromatic rings. The number of benzene rings is 2. The van der Waals surface area contributed by atoms with Crippen LogP contribution in [0, 0.1) is 0 Å². The van der Waals surface area contributed by atoms with E-state index in [1.165, 1.54) is 25.7 Å². The van der Waals surface area contributed by atoms with E-state index in [4.69, 9.17) is 0 Å². The van der Waals surface area contributed by atoms with Gasteiger partial charge in [-0.15, -0.1) is 0 Å². The lowest BCUT2D eigenvalue weighted by atomic mass is 9.99. The third-order valence-electron chi connectivity index (χ3n) is 10.0. The summed E-state index contributed by atoms with van der Waals surface area (Å²) < 4.78 is 2.80. The third-order valence-corrected chi connectivity index (χ3v) is 11.2. The van der Waals surface area contributed by atoms with E-state index in [1.54, 1.807) is 21.6 Å². The molecule has 12 heteroatoms. The molecule has 3 aliphatic heterocycles. The fraction of sp³-hybridized carbons (Fsp3) is 0.514. The van der Waals surface area contributed by atoms with E-state index in [0.29, 0.717) is 60.4 Å².